The van der Waals surface area contributed by atoms with Gasteiger partial charge < -0.3 is 9.47 Å². The van der Waals surface area contributed by atoms with Gasteiger partial charge in [-0.1, -0.05) is 6.58 Å². The average Bonchev–Trinajstić information content (AvgIpc) is 2.72. The lowest BCUT2D eigenvalue weighted by molar-refractivity contribution is 0.146. The molecule has 0 aliphatic rings. The van der Waals surface area contributed by atoms with Crippen LogP contribution in [-0.2, 0) is 4.74 Å². The first-order valence-electron chi connectivity index (χ1n) is 5.47. The Labute approximate surface area is 100 Å². The predicted molar refractivity (Wildman–Crippen MR) is 67.3 cm³/mol. The van der Waals surface area contributed by atoms with Crippen molar-refractivity contribution in [1.29, 1.82) is 0 Å². The molecule has 0 N–H and O–H groups in total. The zero-order chi connectivity index (χ0) is 12.3. The van der Waals surface area contributed by atoms with Gasteiger partial charge in [0.2, 0.25) is 0 Å². The molecule has 0 aliphatic carbocycles. The molecule has 0 saturated carbocycles. The van der Waals surface area contributed by atoms with Gasteiger partial charge in [0.15, 0.2) is 0 Å². The number of allylic oxidation sites excluding steroid dienone is 1. The summed E-state index contributed by atoms with van der Waals surface area (Å²) in [4.78, 5) is 4.32. The Bertz CT molecular complexity index is 531. The van der Waals surface area contributed by atoms with E-state index in [9.17, 15) is 0 Å². The van der Waals surface area contributed by atoms with E-state index < -0.39 is 0 Å². The number of rotatable bonds is 5. The van der Waals surface area contributed by atoms with Crippen LogP contribution in [0.15, 0.2) is 31.1 Å². The predicted octanol–water partition coefficient (Wildman–Crippen LogP) is 2.39. The third-order valence-electron chi connectivity index (χ3n) is 2.48. The number of hydrogen-bond acceptors (Lipinski definition) is 3. The fourth-order valence-corrected chi connectivity index (χ4v) is 1.61. The summed E-state index contributed by atoms with van der Waals surface area (Å²) in [6.45, 7) is 7.01. The maximum absolute atomic E-state index is 5.52. The number of nitrogens with zero attached hydrogens (tertiary/aromatic N) is 2. The van der Waals surface area contributed by atoms with E-state index in [1.807, 2.05) is 35.9 Å². The van der Waals surface area contributed by atoms with Gasteiger partial charge in [0.25, 0.3) is 0 Å². The van der Waals surface area contributed by atoms with Crippen LogP contribution in [0.3, 0.4) is 0 Å². The lowest BCUT2D eigenvalue weighted by Crippen LogP contribution is -2.04. The number of pyridine rings is 1. The Morgan fingerprint density at radius 1 is 1.47 bits per heavy atom. The minimum atomic E-state index is 0.542. The quantitative estimate of drug-likeness (QED) is 0.742. The van der Waals surface area contributed by atoms with E-state index in [1.165, 1.54) is 0 Å². The lowest BCUT2D eigenvalue weighted by atomic mass is 10.3. The molecule has 0 amide bonds. The Morgan fingerprint density at radius 2 is 2.29 bits per heavy atom. The maximum atomic E-state index is 5.52. The van der Waals surface area contributed by atoms with Gasteiger partial charge in [-0.05, 0) is 18.6 Å². The molecular weight excluding hydrogens is 216 g/mol. The molecule has 2 aromatic rings. The maximum Gasteiger partial charge on any atom is 0.140 e. The van der Waals surface area contributed by atoms with E-state index in [0.717, 1.165) is 22.7 Å². The molecule has 2 aromatic heterocycles. The highest BCUT2D eigenvalue weighted by molar-refractivity contribution is 5.62. The topological polar surface area (TPSA) is 35.8 Å². The number of aromatic nitrogens is 2. The summed E-state index contributed by atoms with van der Waals surface area (Å²) in [7, 11) is 1.65. The zero-order valence-corrected chi connectivity index (χ0v) is 10.1. The van der Waals surface area contributed by atoms with Crippen LogP contribution in [0.2, 0.25) is 0 Å². The monoisotopic (exact) mass is 232 g/mol. The van der Waals surface area contributed by atoms with Crippen molar-refractivity contribution in [1.82, 2.24) is 9.38 Å². The van der Waals surface area contributed by atoms with Gasteiger partial charge in [-0.2, -0.15) is 0 Å². The highest BCUT2D eigenvalue weighted by atomic mass is 16.5. The van der Waals surface area contributed by atoms with E-state index in [4.69, 9.17) is 9.47 Å². The number of ether oxygens (including phenoxy) is 2. The van der Waals surface area contributed by atoms with Crippen molar-refractivity contribution in [2.24, 2.45) is 0 Å². The van der Waals surface area contributed by atoms with Crippen molar-refractivity contribution in [3.8, 4) is 5.75 Å². The molecule has 2 rings (SSSR count). The molecule has 0 spiro atoms. The van der Waals surface area contributed by atoms with Crippen LogP contribution in [0.4, 0.5) is 0 Å². The highest BCUT2D eigenvalue weighted by Crippen LogP contribution is 2.18. The summed E-state index contributed by atoms with van der Waals surface area (Å²) in [5.41, 5.74) is 2.87. The summed E-state index contributed by atoms with van der Waals surface area (Å²) in [5, 5.41) is 0. The summed E-state index contributed by atoms with van der Waals surface area (Å²) in [5.74, 6) is 0.799. The van der Waals surface area contributed by atoms with Crippen LogP contribution in [0, 0.1) is 0 Å². The van der Waals surface area contributed by atoms with Crippen molar-refractivity contribution in [2.45, 2.75) is 6.92 Å². The molecule has 0 atom stereocenters. The van der Waals surface area contributed by atoms with E-state index >= 15 is 0 Å². The Morgan fingerprint density at radius 3 is 3.00 bits per heavy atom. The third kappa shape index (κ3) is 2.47. The van der Waals surface area contributed by atoms with E-state index in [-0.39, 0.29) is 0 Å². The van der Waals surface area contributed by atoms with Crippen molar-refractivity contribution < 1.29 is 9.47 Å². The minimum absolute atomic E-state index is 0.542. The van der Waals surface area contributed by atoms with Crippen LogP contribution in [0.1, 0.15) is 12.6 Å². The van der Waals surface area contributed by atoms with Crippen LogP contribution >= 0.6 is 0 Å². The number of fused-ring (bicyclic) bond motifs is 1. The summed E-state index contributed by atoms with van der Waals surface area (Å²) in [6, 6.07) is 3.82. The Hall–Kier alpha value is -1.81. The molecule has 0 unspecified atom stereocenters. The van der Waals surface area contributed by atoms with Gasteiger partial charge in [-0.15, -0.1) is 0 Å². The van der Waals surface area contributed by atoms with Crippen molar-refractivity contribution in [3.05, 3.63) is 36.8 Å². The molecule has 0 aliphatic heterocycles. The first-order valence-corrected chi connectivity index (χ1v) is 5.47. The van der Waals surface area contributed by atoms with Gasteiger partial charge in [0.05, 0.1) is 18.5 Å². The standard InChI is InChI=1S/C13H16N2O2/c1-10(2)12-9-14-13-8-11(4-5-15(12)13)17-7-6-16-3/h4-5,8-9H,1,6-7H2,2-3H3. The Balaban J connectivity index is 2.23. The molecule has 90 valence electrons. The second kappa shape index (κ2) is 5.01. The van der Waals surface area contributed by atoms with Crippen molar-refractivity contribution in [2.75, 3.05) is 20.3 Å². The smallest absolute Gasteiger partial charge is 0.140 e. The molecule has 4 nitrogen and oxygen atoms in total. The highest BCUT2D eigenvalue weighted by Gasteiger charge is 2.04. The normalized spacial score (nSPS) is 10.7. The number of methoxy groups -OCH3 is 1. The van der Waals surface area contributed by atoms with Gasteiger partial charge in [0, 0.05) is 19.4 Å². The molecule has 17 heavy (non-hydrogen) atoms. The lowest BCUT2D eigenvalue weighted by Gasteiger charge is -2.06. The van der Waals surface area contributed by atoms with Gasteiger partial charge >= 0.3 is 0 Å². The Kier molecular flexibility index (Phi) is 3.44. The van der Waals surface area contributed by atoms with Crippen LogP contribution in [-0.4, -0.2) is 29.7 Å². The molecule has 0 saturated heterocycles. The minimum Gasteiger partial charge on any atom is -0.491 e. The summed E-state index contributed by atoms with van der Waals surface area (Å²) < 4.78 is 12.4. The third-order valence-corrected chi connectivity index (χ3v) is 2.48. The van der Waals surface area contributed by atoms with Crippen LogP contribution in [0.5, 0.6) is 5.75 Å². The first kappa shape index (κ1) is 11.7. The summed E-state index contributed by atoms with van der Waals surface area (Å²) >= 11 is 0. The van der Waals surface area contributed by atoms with Gasteiger partial charge in [-0.25, -0.2) is 4.98 Å². The molecule has 0 fully saturated rings. The van der Waals surface area contributed by atoms with E-state index in [2.05, 4.69) is 11.6 Å². The second-order valence-electron chi connectivity index (χ2n) is 3.86. The molecular formula is C13H16N2O2. The van der Waals surface area contributed by atoms with Crippen LogP contribution < -0.4 is 4.74 Å². The number of hydrogen-bond donors (Lipinski definition) is 0. The molecule has 0 radical (unpaired) electrons. The molecule has 0 aromatic carbocycles. The second-order valence-corrected chi connectivity index (χ2v) is 3.86. The number of imidazole rings is 1. The van der Waals surface area contributed by atoms with Crippen LogP contribution in [0.25, 0.3) is 11.2 Å². The molecule has 4 heteroatoms. The zero-order valence-electron chi connectivity index (χ0n) is 10.1. The largest absolute Gasteiger partial charge is 0.491 e. The fraction of sp³-hybridized carbons (Fsp3) is 0.308. The molecule has 0 bridgehead atoms. The van der Waals surface area contributed by atoms with Gasteiger partial charge in [-0.3, -0.25) is 4.40 Å². The summed E-state index contributed by atoms with van der Waals surface area (Å²) in [6.07, 6.45) is 3.76. The van der Waals surface area contributed by atoms with Crippen molar-refractivity contribution in [3.63, 3.8) is 0 Å². The average molecular weight is 232 g/mol. The van der Waals surface area contributed by atoms with E-state index in [0.29, 0.717) is 13.2 Å². The van der Waals surface area contributed by atoms with Crippen molar-refractivity contribution >= 4 is 11.2 Å². The van der Waals surface area contributed by atoms with E-state index in [1.54, 1.807) is 7.11 Å². The first-order chi connectivity index (χ1) is 8.22. The van der Waals surface area contributed by atoms with Gasteiger partial charge in [0.1, 0.15) is 18.0 Å². The fourth-order valence-electron chi connectivity index (χ4n) is 1.61. The SMILES string of the molecule is C=C(C)c1cnc2cc(OCCOC)ccn12. The molecule has 2 heterocycles.